The van der Waals surface area contributed by atoms with Crippen LogP contribution >= 0.6 is 0 Å². The zero-order valence-electron chi connectivity index (χ0n) is 8.83. The van der Waals surface area contributed by atoms with Crippen LogP contribution in [0.3, 0.4) is 0 Å². The summed E-state index contributed by atoms with van der Waals surface area (Å²) in [7, 11) is -4.67. The summed E-state index contributed by atoms with van der Waals surface area (Å²) in [4.78, 5) is 0. The van der Waals surface area contributed by atoms with Crippen LogP contribution in [0, 0.1) is 0 Å². The van der Waals surface area contributed by atoms with Gasteiger partial charge in [-0.15, -0.1) is 0 Å². The fourth-order valence-electron chi connectivity index (χ4n) is 0. The Balaban J connectivity index is -0.00000000145. The van der Waals surface area contributed by atoms with Gasteiger partial charge in [-0.1, -0.05) is 0 Å². The third kappa shape index (κ3) is 15800. The van der Waals surface area contributed by atoms with E-state index in [9.17, 15) is 0 Å². The molecule has 0 saturated heterocycles. The van der Waals surface area contributed by atoms with Crippen LogP contribution in [0.15, 0.2) is 0 Å². The summed E-state index contributed by atoms with van der Waals surface area (Å²) in [5.74, 6) is 0. The van der Waals surface area contributed by atoms with Crippen LogP contribution in [0.4, 0.5) is 0 Å². The van der Waals surface area contributed by atoms with Crippen LogP contribution in [0.2, 0.25) is 0 Å². The maximum absolute atomic E-state index is 8.74. The minimum Gasteiger partial charge on any atom is -1.00 e. The predicted octanol–water partition coefficient (Wildman–Crippen LogP) is -7.41. The van der Waals surface area contributed by atoms with E-state index in [1.54, 1.807) is 0 Å². The first kappa shape index (κ1) is 136. The van der Waals surface area contributed by atoms with Gasteiger partial charge in [-0.25, -0.2) is 0 Å². The average Bonchev–Trinajstić information content (AvgIpc) is 0.722. The van der Waals surface area contributed by atoms with Gasteiger partial charge in [0.2, 0.25) is 0 Å². The molecule has 0 bridgehead atoms. The molecule has 12 nitrogen and oxygen atoms in total. The molecular weight excluding hydrogens is 248 g/mol. The quantitative estimate of drug-likeness (QED) is 0.319. The van der Waals surface area contributed by atoms with Crippen molar-refractivity contribution in [2.24, 2.45) is 0 Å². The van der Waals surface area contributed by atoms with Crippen LogP contribution in [-0.4, -0.2) is 84.4 Å². The second-order valence-electron chi connectivity index (χ2n) is 0.448. The molecule has 100 valence electrons. The maximum Gasteiger partial charge on any atom is 2.00 e. The summed E-state index contributed by atoms with van der Waals surface area (Å²) in [6, 6.07) is 0. The zero-order chi connectivity index (χ0) is 4.50. The standard InChI is InChI=1S/Mg.H2O4S.8H2O.2H/c;1-5(2,3)4;;;;;;;;;;/h;(H2,1,2,3,4);8*1H2;;/q+2;;;;;;;;;;2*-1. The zero-order valence-corrected chi connectivity index (χ0v) is 9.06. The van der Waals surface area contributed by atoms with Gasteiger partial charge in [0, 0.05) is 0 Å². The van der Waals surface area contributed by atoms with Crippen LogP contribution in [0.5, 0.6) is 0 Å². The van der Waals surface area contributed by atoms with Crippen LogP contribution in [0.1, 0.15) is 2.85 Å². The molecule has 0 rings (SSSR count). The fourth-order valence-corrected chi connectivity index (χ4v) is 0. The largest absolute Gasteiger partial charge is 2.00 e. The Morgan fingerprint density at radius 1 is 0.643 bits per heavy atom. The molecule has 0 saturated carbocycles. The van der Waals surface area contributed by atoms with E-state index in [2.05, 4.69) is 0 Å². The molecule has 0 aliphatic rings. The van der Waals surface area contributed by atoms with Crippen molar-refractivity contribution in [2.75, 3.05) is 0 Å². The van der Waals surface area contributed by atoms with Crippen molar-refractivity contribution < 1.29 is 64.2 Å². The summed E-state index contributed by atoms with van der Waals surface area (Å²) in [5.41, 5.74) is 0. The van der Waals surface area contributed by atoms with Crippen molar-refractivity contribution in [2.45, 2.75) is 0 Å². The third-order valence-corrected chi connectivity index (χ3v) is 0. The van der Waals surface area contributed by atoms with Crippen molar-refractivity contribution in [3.8, 4) is 0 Å². The Hall–Kier alpha value is 0.316. The Labute approximate surface area is 98.1 Å². The summed E-state index contributed by atoms with van der Waals surface area (Å²) in [6.07, 6.45) is 0. The molecule has 0 radical (unpaired) electrons. The minimum atomic E-state index is -4.67. The SMILES string of the molecule is O.O.O.O.O.O.O.O.O=S(=O)(O)O.[H-].[H-].[Mg+2]. The molecule has 0 aromatic heterocycles. The molecule has 0 aliphatic carbocycles. The molecular formula is H20MgO12S. The van der Waals surface area contributed by atoms with Crippen LogP contribution in [-0.2, 0) is 10.4 Å². The van der Waals surface area contributed by atoms with Crippen molar-refractivity contribution in [3.63, 3.8) is 0 Å². The smallest absolute Gasteiger partial charge is 1.00 e. The molecule has 0 aliphatic heterocycles. The van der Waals surface area contributed by atoms with Crippen molar-refractivity contribution in [1.82, 2.24) is 0 Å². The van der Waals surface area contributed by atoms with E-state index in [1.807, 2.05) is 0 Å². The van der Waals surface area contributed by atoms with E-state index in [0.29, 0.717) is 0 Å². The molecule has 0 fully saturated rings. The molecule has 0 atom stereocenters. The first-order valence-electron chi connectivity index (χ1n) is 0.698. The Bertz CT molecular complexity index is 102. The van der Waals surface area contributed by atoms with Crippen molar-refractivity contribution in [1.29, 1.82) is 0 Å². The second kappa shape index (κ2) is 50.6. The molecule has 14 heteroatoms. The van der Waals surface area contributed by atoms with Gasteiger partial charge in [0.1, 0.15) is 0 Å². The third-order valence-electron chi connectivity index (χ3n) is 0. The molecule has 0 aromatic rings. The molecule has 14 heavy (non-hydrogen) atoms. The molecule has 0 spiro atoms. The predicted molar refractivity (Wildman–Crippen MR) is 51.1 cm³/mol. The van der Waals surface area contributed by atoms with Crippen LogP contribution < -0.4 is 0 Å². The first-order valence-corrected chi connectivity index (χ1v) is 2.10. The summed E-state index contributed by atoms with van der Waals surface area (Å²) in [5, 5.41) is 0. The molecule has 0 amide bonds. The Morgan fingerprint density at radius 2 is 0.643 bits per heavy atom. The van der Waals surface area contributed by atoms with E-state index in [0.717, 1.165) is 0 Å². The summed E-state index contributed by atoms with van der Waals surface area (Å²) >= 11 is 0. The van der Waals surface area contributed by atoms with Crippen LogP contribution in [0.25, 0.3) is 0 Å². The minimum absolute atomic E-state index is 0. The molecule has 0 unspecified atom stereocenters. The van der Waals surface area contributed by atoms with E-state index < -0.39 is 10.4 Å². The van der Waals surface area contributed by atoms with E-state index in [4.69, 9.17) is 17.5 Å². The first-order chi connectivity index (χ1) is 2.00. The fraction of sp³-hybridized carbons (Fsp3) is 0. The Morgan fingerprint density at radius 3 is 0.643 bits per heavy atom. The number of hydrogen-bond acceptors (Lipinski definition) is 2. The average molecular weight is 269 g/mol. The molecule has 0 aromatic carbocycles. The topological polar surface area (TPSA) is 327 Å². The van der Waals surface area contributed by atoms with Crippen molar-refractivity contribution >= 4 is 33.5 Å². The normalized spacial score (nSPS) is 4.14. The van der Waals surface area contributed by atoms with Gasteiger partial charge in [-0.05, 0) is 0 Å². The van der Waals surface area contributed by atoms with Gasteiger partial charge < -0.3 is 46.7 Å². The van der Waals surface area contributed by atoms with Crippen molar-refractivity contribution in [3.05, 3.63) is 0 Å². The molecule has 18 N–H and O–H groups in total. The monoisotopic (exact) mass is 268 g/mol. The van der Waals surface area contributed by atoms with E-state index in [1.165, 1.54) is 0 Å². The summed E-state index contributed by atoms with van der Waals surface area (Å²) in [6.45, 7) is 0. The van der Waals surface area contributed by atoms with Gasteiger partial charge in [0.15, 0.2) is 0 Å². The number of hydrogen-bond donors (Lipinski definition) is 2. The Kier molecular flexibility index (Phi) is 493. The maximum atomic E-state index is 8.74. The van der Waals surface area contributed by atoms with Gasteiger partial charge in [-0.3, -0.25) is 9.11 Å². The molecule has 0 heterocycles. The van der Waals surface area contributed by atoms with Gasteiger partial charge >= 0.3 is 33.5 Å². The number of rotatable bonds is 0. The summed E-state index contributed by atoms with van der Waals surface area (Å²) < 4.78 is 31.6. The van der Waals surface area contributed by atoms with E-state index in [-0.39, 0.29) is 69.7 Å². The van der Waals surface area contributed by atoms with Gasteiger partial charge in [0.05, 0.1) is 0 Å². The second-order valence-corrected chi connectivity index (χ2v) is 1.34. The van der Waals surface area contributed by atoms with Gasteiger partial charge in [-0.2, -0.15) is 8.42 Å². The van der Waals surface area contributed by atoms with E-state index >= 15 is 0 Å². The van der Waals surface area contributed by atoms with Gasteiger partial charge in [0.25, 0.3) is 0 Å².